The molecule has 1 aliphatic rings. The van der Waals surface area contributed by atoms with Gasteiger partial charge in [-0.15, -0.1) is 5.10 Å². The number of aromatic amines is 1. The van der Waals surface area contributed by atoms with E-state index in [1.165, 1.54) is 13.0 Å². The van der Waals surface area contributed by atoms with Crippen molar-refractivity contribution in [2.45, 2.75) is 49.6 Å². The third-order valence-corrected chi connectivity index (χ3v) is 8.03. The predicted molar refractivity (Wildman–Crippen MR) is 126 cm³/mol. The molecule has 3 N–H and O–H groups in total. The second-order valence-corrected chi connectivity index (χ2v) is 10.6. The molecule has 3 aromatic rings. The highest BCUT2D eigenvalue weighted by molar-refractivity contribution is 7.89. The van der Waals surface area contributed by atoms with Crippen molar-refractivity contribution in [3.05, 3.63) is 73.3 Å². The zero-order chi connectivity index (χ0) is 28.2. The van der Waals surface area contributed by atoms with E-state index in [9.17, 15) is 22.7 Å². The molecule has 0 fully saturated rings. The van der Waals surface area contributed by atoms with Crippen molar-refractivity contribution in [2.24, 2.45) is 0 Å². The van der Waals surface area contributed by atoms with Crippen LogP contribution < -0.4 is 15.2 Å². The van der Waals surface area contributed by atoms with Crippen LogP contribution in [-0.2, 0) is 15.6 Å². The van der Waals surface area contributed by atoms with E-state index in [-0.39, 0.29) is 28.6 Å². The van der Waals surface area contributed by atoms with E-state index in [4.69, 9.17) is 36.5 Å². The number of aromatic nitrogens is 2. The fraction of sp³-hybridized carbons (Fsp3) is 0.364. The quantitative estimate of drug-likeness (QED) is 0.424. The maximum absolute atomic E-state index is 14.9. The topological polar surface area (TPSA) is 135 Å². The zero-order valence-electron chi connectivity index (χ0n) is 21.4. The lowest BCUT2D eigenvalue weighted by Gasteiger charge is -2.33. The minimum atomic E-state index is -4.64. The van der Waals surface area contributed by atoms with Gasteiger partial charge < -0.3 is 14.3 Å². The predicted octanol–water partition coefficient (Wildman–Crippen LogP) is 3.93. The molecule has 2 aromatic carbocycles. The smallest absolute Gasteiger partial charge is 0.434 e. The van der Waals surface area contributed by atoms with Gasteiger partial charge in [-0.2, -0.15) is 4.72 Å². The first-order valence-electron chi connectivity index (χ1n) is 11.8. The first-order valence-corrected chi connectivity index (χ1v) is 12.5. The summed E-state index contributed by atoms with van der Waals surface area (Å²) in [5.41, 5.74) is -2.51. The van der Waals surface area contributed by atoms with Crippen molar-refractivity contribution in [1.82, 2.24) is 14.9 Å². The summed E-state index contributed by atoms with van der Waals surface area (Å²) >= 11 is 12.4. The van der Waals surface area contributed by atoms with E-state index in [2.05, 4.69) is 9.82 Å². The molecule has 188 valence electrons. The number of ether oxygens (including phenoxy) is 1. The molecule has 0 saturated carbocycles. The van der Waals surface area contributed by atoms with Crippen molar-refractivity contribution in [3.63, 3.8) is 0 Å². The van der Waals surface area contributed by atoms with Gasteiger partial charge in [0.15, 0.2) is 0 Å². The fourth-order valence-electron chi connectivity index (χ4n) is 4.07. The average Bonchev–Trinajstić information content (AvgIpc) is 3.25. The van der Waals surface area contributed by atoms with Crippen LogP contribution in [0.25, 0.3) is 0 Å². The van der Waals surface area contributed by atoms with Crippen LogP contribution in [0, 0.1) is 12.7 Å². The van der Waals surface area contributed by atoms with E-state index >= 15 is 0 Å². The maximum atomic E-state index is 14.9. The molecule has 9 nitrogen and oxygen atoms in total. The minimum Gasteiger partial charge on any atom is -0.492 e. The molecule has 1 aromatic heterocycles. The zero-order valence-corrected chi connectivity index (χ0v) is 20.7. The van der Waals surface area contributed by atoms with Crippen LogP contribution >= 0.6 is 23.2 Å². The Labute approximate surface area is 214 Å². The summed E-state index contributed by atoms with van der Waals surface area (Å²) in [6.45, 7) is -0.249. The Morgan fingerprint density at radius 2 is 2.03 bits per heavy atom. The lowest BCUT2D eigenvalue weighted by Crippen LogP contribution is -2.35. The summed E-state index contributed by atoms with van der Waals surface area (Å²) in [4.78, 5) is 11.2. The molecule has 0 saturated heterocycles. The molecule has 0 spiro atoms. The number of fused-ring (bicyclic) bond motifs is 1. The monoisotopic (exact) mass is 548 g/mol. The molecule has 0 amide bonds. The summed E-state index contributed by atoms with van der Waals surface area (Å²) in [7, 11) is -4.64. The number of rotatable bonds is 6. The molecule has 2 heterocycles. The van der Waals surface area contributed by atoms with Crippen molar-refractivity contribution in [1.29, 1.82) is 0 Å². The van der Waals surface area contributed by atoms with Crippen molar-refractivity contribution in [3.8, 4) is 5.75 Å². The van der Waals surface area contributed by atoms with Crippen molar-refractivity contribution >= 4 is 33.2 Å². The van der Waals surface area contributed by atoms with E-state index in [1.807, 2.05) is 5.10 Å². The summed E-state index contributed by atoms with van der Waals surface area (Å²) in [6.07, 6.45) is -0.363. The third-order valence-electron chi connectivity index (χ3n) is 5.84. The van der Waals surface area contributed by atoms with Crippen LogP contribution in [0.3, 0.4) is 0 Å². The number of benzene rings is 2. The molecular weight excluding hydrogens is 524 g/mol. The Balaban J connectivity index is 1.86. The van der Waals surface area contributed by atoms with Gasteiger partial charge in [0.2, 0.25) is 15.9 Å². The van der Waals surface area contributed by atoms with Crippen LogP contribution in [0.4, 0.5) is 4.39 Å². The highest BCUT2D eigenvalue weighted by Gasteiger charge is 2.39. The summed E-state index contributed by atoms with van der Waals surface area (Å²) in [5.74, 6) is -3.52. The van der Waals surface area contributed by atoms with Crippen LogP contribution in [0.1, 0.15) is 58.8 Å². The number of nitrogens with zero attached hydrogens (tertiary/aromatic N) is 1. The van der Waals surface area contributed by atoms with Gasteiger partial charge in [0.05, 0.1) is 17.2 Å². The van der Waals surface area contributed by atoms with Gasteiger partial charge in [-0.1, -0.05) is 30.1 Å². The number of H-pyrrole nitrogens is 1. The lowest BCUT2D eigenvalue weighted by atomic mass is 9.90. The second kappa shape index (κ2) is 9.21. The summed E-state index contributed by atoms with van der Waals surface area (Å²) in [5, 5.41) is 16.8. The average molecular weight is 549 g/mol. The van der Waals surface area contributed by atoms with E-state index in [1.54, 1.807) is 6.92 Å². The third kappa shape index (κ3) is 4.70. The molecule has 1 aliphatic heterocycles. The second-order valence-electron chi connectivity index (χ2n) is 8.12. The van der Waals surface area contributed by atoms with Gasteiger partial charge in [0.25, 0.3) is 0 Å². The normalized spacial score (nSPS) is 21.3. The largest absolute Gasteiger partial charge is 0.492 e. The SMILES string of the molecule is [2H]C([2H])([2H])[C@@]1(O)CCOc2c(S(=O)(=O)N[C@H](c3n[nH]c(=O)o3)[C@H](C)c3c(F)ccc(Cl)c3C)ccc(Cl)c21. The number of hydrogen-bond acceptors (Lipinski definition) is 7. The molecular formula is C22H22Cl2FN3O6S. The highest BCUT2D eigenvalue weighted by Crippen LogP contribution is 2.45. The van der Waals surface area contributed by atoms with Crippen LogP contribution in [-0.4, -0.2) is 30.3 Å². The summed E-state index contributed by atoms with van der Waals surface area (Å²) < 4.78 is 78.7. The van der Waals surface area contributed by atoms with Crippen LogP contribution in [0.2, 0.25) is 10.0 Å². The van der Waals surface area contributed by atoms with Gasteiger partial charge in [0, 0.05) is 27.0 Å². The Hall–Kier alpha value is -2.44. The lowest BCUT2D eigenvalue weighted by molar-refractivity contribution is 0.0135. The molecule has 0 unspecified atom stereocenters. The molecule has 3 atom stereocenters. The van der Waals surface area contributed by atoms with Crippen molar-refractivity contribution in [2.75, 3.05) is 6.61 Å². The number of sulfonamides is 1. The Kier molecular flexibility index (Phi) is 5.74. The highest BCUT2D eigenvalue weighted by atomic mass is 35.5. The van der Waals surface area contributed by atoms with Gasteiger partial charge in [-0.25, -0.2) is 22.7 Å². The van der Waals surface area contributed by atoms with E-state index in [0.29, 0.717) is 5.56 Å². The number of nitrogens with one attached hydrogen (secondary N) is 2. The molecule has 4 rings (SSSR count). The molecule has 0 radical (unpaired) electrons. The minimum absolute atomic E-state index is 0.0435. The molecule has 35 heavy (non-hydrogen) atoms. The molecule has 0 bridgehead atoms. The summed E-state index contributed by atoms with van der Waals surface area (Å²) in [6, 6.07) is 3.21. The first kappa shape index (κ1) is 21.8. The maximum Gasteiger partial charge on any atom is 0.434 e. The standard InChI is InChI=1S/C22H22Cl2FN3O6S/c1-10-12(23)4-6-14(25)16(10)11(2)18(20-26-27-21(29)34-20)28-35(31,32)15-7-5-13(24)17-19(15)33-9-8-22(17,3)30/h4-7,11,18,28,30H,8-9H2,1-3H3,(H,27,29)/t11-,18+,22-/m1/s1/i3D3. The Bertz CT molecular complexity index is 1560. The van der Waals surface area contributed by atoms with Gasteiger partial charge in [0.1, 0.15) is 22.5 Å². The van der Waals surface area contributed by atoms with E-state index in [0.717, 1.165) is 18.2 Å². The molecule has 0 aliphatic carbocycles. The Morgan fingerprint density at radius 3 is 2.69 bits per heavy atom. The Morgan fingerprint density at radius 1 is 1.31 bits per heavy atom. The van der Waals surface area contributed by atoms with E-state index < -0.39 is 68.1 Å². The fourth-order valence-corrected chi connectivity index (χ4v) is 5.96. The number of aliphatic hydroxyl groups is 1. The van der Waals surface area contributed by atoms with Gasteiger partial charge in [-0.3, -0.25) is 0 Å². The van der Waals surface area contributed by atoms with Crippen LogP contribution in [0.5, 0.6) is 5.75 Å². The van der Waals surface area contributed by atoms with Gasteiger partial charge >= 0.3 is 5.76 Å². The van der Waals surface area contributed by atoms with Crippen molar-refractivity contribution < 1.29 is 31.2 Å². The first-order chi connectivity index (χ1) is 17.6. The number of halogens is 3. The molecule has 13 heteroatoms. The number of hydrogen-bond donors (Lipinski definition) is 3. The van der Waals surface area contributed by atoms with Gasteiger partial charge in [-0.05, 0) is 49.2 Å². The van der Waals surface area contributed by atoms with Crippen LogP contribution in [0.15, 0.2) is 38.4 Å².